The summed E-state index contributed by atoms with van der Waals surface area (Å²) >= 11 is 6.20. The van der Waals surface area contributed by atoms with Crippen LogP contribution in [0.5, 0.6) is 5.75 Å². The molecule has 38 heavy (non-hydrogen) atoms. The summed E-state index contributed by atoms with van der Waals surface area (Å²) in [4.78, 5) is 33.4. The van der Waals surface area contributed by atoms with Crippen LogP contribution in [0.1, 0.15) is 24.6 Å². The Morgan fingerprint density at radius 3 is 2.29 bits per heavy atom. The number of ether oxygens (including phenoxy) is 1. The van der Waals surface area contributed by atoms with Gasteiger partial charge in [-0.2, -0.15) is 0 Å². The van der Waals surface area contributed by atoms with E-state index in [1.54, 1.807) is 18.9 Å². The smallest absolute Gasteiger partial charge is 0.223 e. The Morgan fingerprint density at radius 1 is 0.947 bits per heavy atom. The van der Waals surface area contributed by atoms with Crippen LogP contribution >= 0.6 is 11.6 Å². The van der Waals surface area contributed by atoms with Gasteiger partial charge in [-0.25, -0.2) is 4.98 Å². The Balaban J connectivity index is 1.48. The highest BCUT2D eigenvalue weighted by atomic mass is 35.5. The number of carbonyl (C=O) groups is 2. The van der Waals surface area contributed by atoms with E-state index < -0.39 is 0 Å². The predicted molar refractivity (Wildman–Crippen MR) is 150 cm³/mol. The minimum atomic E-state index is 0.0543. The second-order valence-corrected chi connectivity index (χ2v) is 10.1. The molecule has 4 aromatic rings. The number of halogens is 1. The topological polar surface area (TPSA) is 67.2 Å². The van der Waals surface area contributed by atoms with E-state index in [4.69, 9.17) is 21.3 Å². The van der Waals surface area contributed by atoms with Crippen LogP contribution in [0.4, 0.5) is 0 Å². The van der Waals surface area contributed by atoms with Crippen LogP contribution in [-0.4, -0.2) is 64.3 Å². The first kappa shape index (κ1) is 25.8. The lowest BCUT2D eigenvalue weighted by atomic mass is 10.0. The lowest BCUT2D eigenvalue weighted by molar-refractivity contribution is -0.138. The van der Waals surface area contributed by atoms with Gasteiger partial charge in [0.15, 0.2) is 0 Å². The lowest BCUT2D eigenvalue weighted by Gasteiger charge is -2.34. The zero-order valence-electron chi connectivity index (χ0n) is 21.9. The third-order valence-electron chi connectivity index (χ3n) is 7.23. The van der Waals surface area contributed by atoms with Crippen molar-refractivity contribution in [1.82, 2.24) is 19.2 Å². The summed E-state index contributed by atoms with van der Waals surface area (Å²) in [6.07, 6.45) is 3.00. The maximum atomic E-state index is 13.2. The molecule has 0 saturated carbocycles. The summed E-state index contributed by atoms with van der Waals surface area (Å²) in [5.41, 5.74) is 6.87. The van der Waals surface area contributed by atoms with Crippen molar-refractivity contribution in [3.63, 3.8) is 0 Å². The number of fused-ring (bicyclic) bond motifs is 1. The van der Waals surface area contributed by atoms with Crippen molar-refractivity contribution in [2.24, 2.45) is 0 Å². The number of aryl methyl sites for hydroxylation is 2. The lowest BCUT2D eigenvalue weighted by Crippen LogP contribution is -2.50. The van der Waals surface area contributed by atoms with Crippen LogP contribution in [0, 0.1) is 6.92 Å². The molecule has 0 unspecified atom stereocenters. The summed E-state index contributed by atoms with van der Waals surface area (Å²) in [6, 6.07) is 17.8. The third-order valence-corrected chi connectivity index (χ3v) is 7.47. The van der Waals surface area contributed by atoms with Crippen molar-refractivity contribution in [1.29, 1.82) is 0 Å². The molecular weight excluding hydrogens is 500 g/mol. The minimum Gasteiger partial charge on any atom is -0.497 e. The normalized spacial score (nSPS) is 13.7. The van der Waals surface area contributed by atoms with Gasteiger partial charge in [0.2, 0.25) is 11.8 Å². The third kappa shape index (κ3) is 5.24. The zero-order chi connectivity index (χ0) is 26.8. The van der Waals surface area contributed by atoms with Crippen molar-refractivity contribution in [3.05, 3.63) is 77.1 Å². The molecule has 8 heteroatoms. The van der Waals surface area contributed by atoms with E-state index >= 15 is 0 Å². The first-order valence-electron chi connectivity index (χ1n) is 12.8. The molecule has 0 atom stereocenters. The second-order valence-electron chi connectivity index (χ2n) is 9.63. The van der Waals surface area contributed by atoms with Crippen LogP contribution in [0.25, 0.3) is 28.0 Å². The molecule has 0 spiro atoms. The van der Waals surface area contributed by atoms with E-state index in [0.29, 0.717) is 44.0 Å². The van der Waals surface area contributed by atoms with E-state index in [1.165, 1.54) is 0 Å². The first-order valence-corrected chi connectivity index (χ1v) is 13.2. The fourth-order valence-electron chi connectivity index (χ4n) is 5.08. The molecule has 0 aliphatic carbocycles. The highest BCUT2D eigenvalue weighted by molar-refractivity contribution is 6.30. The highest BCUT2D eigenvalue weighted by Crippen LogP contribution is 2.31. The van der Waals surface area contributed by atoms with Gasteiger partial charge >= 0.3 is 0 Å². The van der Waals surface area contributed by atoms with Gasteiger partial charge in [-0.3, -0.25) is 9.59 Å². The Kier molecular flexibility index (Phi) is 7.38. The number of carbonyl (C=O) groups excluding carboxylic acids is 2. The number of rotatable bonds is 6. The molecule has 2 aromatic carbocycles. The summed E-state index contributed by atoms with van der Waals surface area (Å²) in [5.74, 6) is 0.923. The maximum absolute atomic E-state index is 13.2. The second kappa shape index (κ2) is 10.9. The van der Waals surface area contributed by atoms with Gasteiger partial charge in [-0.1, -0.05) is 17.7 Å². The molecule has 7 nitrogen and oxygen atoms in total. The van der Waals surface area contributed by atoms with Crippen LogP contribution in [-0.2, 0) is 16.0 Å². The molecule has 0 bridgehead atoms. The van der Waals surface area contributed by atoms with Gasteiger partial charge in [0.05, 0.1) is 18.5 Å². The van der Waals surface area contributed by atoms with Gasteiger partial charge < -0.3 is 18.9 Å². The van der Waals surface area contributed by atoms with Crippen LogP contribution in [0.15, 0.2) is 60.8 Å². The van der Waals surface area contributed by atoms with Gasteiger partial charge in [0, 0.05) is 56.3 Å². The quantitative estimate of drug-likeness (QED) is 0.341. The van der Waals surface area contributed by atoms with Crippen molar-refractivity contribution in [2.45, 2.75) is 26.7 Å². The van der Waals surface area contributed by atoms with E-state index in [0.717, 1.165) is 45.0 Å². The Morgan fingerprint density at radius 2 is 1.63 bits per heavy atom. The van der Waals surface area contributed by atoms with Crippen LogP contribution < -0.4 is 4.74 Å². The monoisotopic (exact) mass is 530 g/mol. The highest BCUT2D eigenvalue weighted by Gasteiger charge is 2.23. The summed E-state index contributed by atoms with van der Waals surface area (Å²) in [7, 11) is 1.65. The standard InChI is InChI=1S/C30H31ClN4O3/c1-20-18-24(31)7-10-26(20)23-6-12-28-32-30(22-4-8-25(38-3)9-5-22)27(35(28)19-23)11-13-29(37)34-16-14-33(15-17-34)21(2)36/h4-10,12,18-19H,11,13-17H2,1-3H3. The van der Waals surface area contributed by atoms with Gasteiger partial charge in [0.1, 0.15) is 11.4 Å². The minimum absolute atomic E-state index is 0.0543. The first-order chi connectivity index (χ1) is 18.3. The van der Waals surface area contributed by atoms with Crippen molar-refractivity contribution in [2.75, 3.05) is 33.3 Å². The molecule has 2 aromatic heterocycles. The van der Waals surface area contributed by atoms with Crippen LogP contribution in [0.3, 0.4) is 0 Å². The van der Waals surface area contributed by atoms with Gasteiger partial charge in [0.25, 0.3) is 0 Å². The SMILES string of the molecule is COc1ccc(-c2nc3ccc(-c4ccc(Cl)cc4C)cn3c2CCC(=O)N2CCN(C(C)=O)CC2)cc1. The van der Waals surface area contributed by atoms with Gasteiger partial charge in [-0.05, 0) is 78.6 Å². The molecule has 1 aliphatic heterocycles. The molecular formula is C30H31ClN4O3. The molecule has 3 heterocycles. The number of hydrogen-bond acceptors (Lipinski definition) is 4. The van der Waals surface area contributed by atoms with Crippen LogP contribution in [0.2, 0.25) is 5.02 Å². The summed E-state index contributed by atoms with van der Waals surface area (Å²) in [5, 5.41) is 0.708. The number of imidazole rings is 1. The predicted octanol–water partition coefficient (Wildman–Crippen LogP) is 5.26. The van der Waals surface area contributed by atoms with Gasteiger partial charge in [-0.15, -0.1) is 0 Å². The number of nitrogens with zero attached hydrogens (tertiary/aromatic N) is 4. The Bertz CT molecular complexity index is 1490. The average Bonchev–Trinajstić information content (AvgIpc) is 3.29. The number of hydrogen-bond donors (Lipinski definition) is 0. The number of piperazine rings is 1. The molecule has 0 radical (unpaired) electrons. The summed E-state index contributed by atoms with van der Waals surface area (Å²) in [6.45, 7) is 5.92. The molecule has 1 fully saturated rings. The Labute approximate surface area is 227 Å². The summed E-state index contributed by atoms with van der Waals surface area (Å²) < 4.78 is 7.44. The van der Waals surface area contributed by atoms with E-state index in [1.807, 2.05) is 60.4 Å². The number of amides is 2. The van der Waals surface area contributed by atoms with Crippen molar-refractivity contribution >= 4 is 29.1 Å². The van der Waals surface area contributed by atoms with Crippen molar-refractivity contribution in [3.8, 4) is 28.1 Å². The van der Waals surface area contributed by atoms with E-state index in [9.17, 15) is 9.59 Å². The fraction of sp³-hybridized carbons (Fsp3) is 0.300. The molecule has 1 aliphatic rings. The molecule has 1 saturated heterocycles. The van der Waals surface area contributed by atoms with E-state index in [2.05, 4.69) is 16.7 Å². The number of methoxy groups -OCH3 is 1. The largest absolute Gasteiger partial charge is 0.497 e. The Hall–Kier alpha value is -3.84. The maximum Gasteiger partial charge on any atom is 0.223 e. The fourth-order valence-corrected chi connectivity index (χ4v) is 5.30. The van der Waals surface area contributed by atoms with E-state index in [-0.39, 0.29) is 11.8 Å². The molecule has 196 valence electrons. The number of aromatic nitrogens is 2. The zero-order valence-corrected chi connectivity index (χ0v) is 22.7. The average molecular weight is 531 g/mol. The molecule has 0 N–H and O–H groups in total. The molecule has 2 amide bonds. The number of pyridine rings is 1. The van der Waals surface area contributed by atoms with Crippen molar-refractivity contribution < 1.29 is 14.3 Å². The number of benzene rings is 2. The molecule has 5 rings (SSSR count).